The Bertz CT molecular complexity index is 1010. The number of nitrogens with one attached hydrogen (secondary N) is 2. The van der Waals surface area contributed by atoms with Gasteiger partial charge in [0.15, 0.2) is 0 Å². The molecule has 1 aliphatic rings. The third-order valence-electron chi connectivity index (χ3n) is 5.29. The van der Waals surface area contributed by atoms with Crippen LogP contribution in [0.5, 0.6) is 0 Å². The molecular weight excluding hydrogens is 424 g/mol. The molecule has 0 radical (unpaired) electrons. The van der Waals surface area contributed by atoms with Crippen LogP contribution >= 0.6 is 0 Å². The number of benzene rings is 3. The van der Waals surface area contributed by atoms with Crippen LogP contribution in [0.1, 0.15) is 28.8 Å². The highest BCUT2D eigenvalue weighted by molar-refractivity contribution is 5.76. The third-order valence-corrected chi connectivity index (χ3v) is 5.29. The summed E-state index contributed by atoms with van der Waals surface area (Å²) in [5.41, 5.74) is 2.10. The van der Waals surface area contributed by atoms with Crippen LogP contribution < -0.4 is 10.6 Å². The lowest BCUT2D eigenvalue weighted by Gasteiger charge is -2.31. The lowest BCUT2D eigenvalue weighted by Crippen LogP contribution is -2.56. The normalized spacial score (nSPS) is 23.1. The number of carbonyl (C=O) groups excluding carboxylic acids is 1. The monoisotopic (exact) mass is 444 g/mol. The summed E-state index contributed by atoms with van der Waals surface area (Å²) >= 11 is 0. The van der Waals surface area contributed by atoms with Gasteiger partial charge in [0.1, 0.15) is 5.82 Å². The van der Waals surface area contributed by atoms with Crippen LogP contribution in [0.15, 0.2) is 84.9 Å². The Labute approximate surface area is 182 Å². The summed E-state index contributed by atoms with van der Waals surface area (Å²) in [6, 6.07) is 22.6. The van der Waals surface area contributed by atoms with E-state index < -0.39 is 35.9 Å². The van der Waals surface area contributed by atoms with E-state index in [1.807, 2.05) is 60.7 Å². The van der Waals surface area contributed by atoms with E-state index in [1.54, 1.807) is 0 Å². The van der Waals surface area contributed by atoms with Crippen LogP contribution in [-0.2, 0) is 16.0 Å². The molecule has 0 spiro atoms. The first-order valence-corrected chi connectivity index (χ1v) is 9.96. The summed E-state index contributed by atoms with van der Waals surface area (Å²) in [4.78, 5) is 11.9. The van der Waals surface area contributed by atoms with E-state index >= 15 is 0 Å². The maximum Gasteiger partial charge on any atom is 0.491 e. The standard InChI is InChI=1S/C24H20F4N2O2/c25-19-13-11-16(12-14-19)15-23(32-22(31)24(26,27)28)29-20(17-7-3-1-4-8-17)21(30-23)18-9-5-2-6-10-18/h1-14,20-21,29-30H,15H2. The first-order valence-electron chi connectivity index (χ1n) is 9.96. The molecule has 0 amide bonds. The molecule has 1 aliphatic heterocycles. The van der Waals surface area contributed by atoms with Crippen molar-refractivity contribution in [2.75, 3.05) is 0 Å². The third kappa shape index (κ3) is 4.81. The Morgan fingerprint density at radius 3 is 1.72 bits per heavy atom. The Kier molecular flexibility index (Phi) is 5.99. The molecule has 4 nitrogen and oxygen atoms in total. The molecule has 0 saturated carbocycles. The molecule has 2 N–H and O–H groups in total. The summed E-state index contributed by atoms with van der Waals surface area (Å²) < 4.78 is 57.8. The van der Waals surface area contributed by atoms with Crippen LogP contribution in [0, 0.1) is 5.82 Å². The molecule has 8 heteroatoms. The highest BCUT2D eigenvalue weighted by atomic mass is 19.4. The van der Waals surface area contributed by atoms with Gasteiger partial charge >= 0.3 is 12.1 Å². The second kappa shape index (κ2) is 8.72. The first-order chi connectivity index (χ1) is 15.3. The van der Waals surface area contributed by atoms with Crippen molar-refractivity contribution in [2.45, 2.75) is 30.5 Å². The number of ether oxygens (including phenoxy) is 1. The van der Waals surface area contributed by atoms with Crippen molar-refractivity contribution >= 4 is 5.97 Å². The zero-order chi connectivity index (χ0) is 22.8. The predicted molar refractivity (Wildman–Crippen MR) is 110 cm³/mol. The van der Waals surface area contributed by atoms with Crippen molar-refractivity contribution in [2.24, 2.45) is 0 Å². The summed E-state index contributed by atoms with van der Waals surface area (Å²) in [6.07, 6.45) is -5.33. The van der Waals surface area contributed by atoms with Crippen LogP contribution in [0.3, 0.4) is 0 Å². The van der Waals surface area contributed by atoms with Crippen molar-refractivity contribution in [3.8, 4) is 0 Å². The van der Waals surface area contributed by atoms with Gasteiger partial charge in [0.2, 0.25) is 5.85 Å². The fourth-order valence-electron chi connectivity index (χ4n) is 3.89. The topological polar surface area (TPSA) is 50.4 Å². The molecule has 32 heavy (non-hydrogen) atoms. The van der Waals surface area contributed by atoms with Crippen molar-refractivity contribution in [3.63, 3.8) is 0 Å². The van der Waals surface area contributed by atoms with Gasteiger partial charge < -0.3 is 4.74 Å². The number of alkyl halides is 3. The second-order valence-electron chi connectivity index (χ2n) is 7.58. The molecular formula is C24H20F4N2O2. The Hall–Kier alpha value is -3.23. The van der Waals surface area contributed by atoms with Crippen LogP contribution in [0.4, 0.5) is 17.6 Å². The number of carbonyl (C=O) groups is 1. The minimum atomic E-state index is -5.17. The highest BCUT2D eigenvalue weighted by Crippen LogP contribution is 2.39. The molecule has 4 rings (SSSR count). The fourth-order valence-corrected chi connectivity index (χ4v) is 3.89. The van der Waals surface area contributed by atoms with Gasteiger partial charge in [-0.2, -0.15) is 13.2 Å². The predicted octanol–water partition coefficient (Wildman–Crippen LogP) is 4.80. The average molecular weight is 444 g/mol. The van der Waals surface area contributed by atoms with E-state index in [1.165, 1.54) is 24.3 Å². The molecule has 1 fully saturated rings. The largest absolute Gasteiger partial charge is 0.491 e. The van der Waals surface area contributed by atoms with E-state index in [-0.39, 0.29) is 6.42 Å². The van der Waals surface area contributed by atoms with Gasteiger partial charge in [-0.15, -0.1) is 0 Å². The molecule has 166 valence electrons. The molecule has 0 bridgehead atoms. The van der Waals surface area contributed by atoms with Crippen LogP contribution in [0.25, 0.3) is 0 Å². The Morgan fingerprint density at radius 2 is 1.28 bits per heavy atom. The van der Waals surface area contributed by atoms with Crippen LogP contribution in [-0.4, -0.2) is 18.0 Å². The van der Waals surface area contributed by atoms with Crippen molar-refractivity contribution in [3.05, 3.63) is 107 Å². The minimum Gasteiger partial charge on any atom is -0.423 e. The molecule has 1 saturated heterocycles. The van der Waals surface area contributed by atoms with Crippen molar-refractivity contribution in [1.82, 2.24) is 10.6 Å². The molecule has 1 heterocycles. The van der Waals surface area contributed by atoms with E-state index in [4.69, 9.17) is 4.74 Å². The SMILES string of the molecule is O=C(OC1(Cc2ccc(F)cc2)NC(c2ccccc2)C(c2ccccc2)N1)C(F)(F)F. The maximum atomic E-state index is 13.4. The Morgan fingerprint density at radius 1 is 0.812 bits per heavy atom. The van der Waals surface area contributed by atoms with E-state index in [0.717, 1.165) is 11.1 Å². The first kappa shape index (κ1) is 22.0. The molecule has 0 aromatic heterocycles. The minimum absolute atomic E-state index is 0.151. The van der Waals surface area contributed by atoms with Gasteiger partial charge in [-0.1, -0.05) is 72.8 Å². The summed E-state index contributed by atoms with van der Waals surface area (Å²) in [6.45, 7) is 0. The highest BCUT2D eigenvalue weighted by Gasteiger charge is 2.52. The van der Waals surface area contributed by atoms with Gasteiger partial charge in [-0.05, 0) is 28.8 Å². The van der Waals surface area contributed by atoms with Crippen LogP contribution in [0.2, 0.25) is 0 Å². The maximum absolute atomic E-state index is 13.4. The average Bonchev–Trinajstić information content (AvgIpc) is 3.15. The summed E-state index contributed by atoms with van der Waals surface area (Å²) in [5, 5.41) is 6.18. The lowest BCUT2D eigenvalue weighted by atomic mass is 9.95. The van der Waals surface area contributed by atoms with Crippen molar-refractivity contribution < 1.29 is 27.1 Å². The smallest absolute Gasteiger partial charge is 0.423 e. The Balaban J connectivity index is 1.75. The van der Waals surface area contributed by atoms with Gasteiger partial charge in [-0.25, -0.2) is 9.18 Å². The number of rotatable bonds is 5. The number of halogens is 4. The number of esters is 1. The summed E-state index contributed by atoms with van der Waals surface area (Å²) in [7, 11) is 0. The molecule has 2 unspecified atom stereocenters. The lowest BCUT2D eigenvalue weighted by molar-refractivity contribution is -0.218. The quantitative estimate of drug-likeness (QED) is 0.438. The van der Waals surface area contributed by atoms with Gasteiger partial charge in [-0.3, -0.25) is 10.6 Å². The number of hydrogen-bond acceptors (Lipinski definition) is 4. The second-order valence-corrected chi connectivity index (χ2v) is 7.58. The molecule has 3 aromatic carbocycles. The van der Waals surface area contributed by atoms with Gasteiger partial charge in [0.25, 0.3) is 0 Å². The molecule has 0 aliphatic carbocycles. The van der Waals surface area contributed by atoms with E-state index in [9.17, 15) is 22.4 Å². The molecule has 3 aromatic rings. The molecule has 2 atom stereocenters. The number of hydrogen-bond donors (Lipinski definition) is 2. The fraction of sp³-hybridized carbons (Fsp3) is 0.208. The van der Waals surface area contributed by atoms with E-state index in [2.05, 4.69) is 10.6 Å². The summed E-state index contributed by atoms with van der Waals surface area (Å²) in [5.74, 6) is -4.67. The van der Waals surface area contributed by atoms with Gasteiger partial charge in [0, 0.05) is 6.42 Å². The zero-order valence-corrected chi connectivity index (χ0v) is 16.8. The van der Waals surface area contributed by atoms with Crippen molar-refractivity contribution in [1.29, 1.82) is 0 Å². The van der Waals surface area contributed by atoms with Gasteiger partial charge in [0.05, 0.1) is 12.1 Å². The zero-order valence-electron chi connectivity index (χ0n) is 16.8. The van der Waals surface area contributed by atoms with E-state index in [0.29, 0.717) is 5.56 Å².